The minimum Gasteiger partial charge on any atom is -0.378 e. The van der Waals surface area contributed by atoms with E-state index in [0.717, 1.165) is 25.3 Å². The fourth-order valence-corrected chi connectivity index (χ4v) is 2.27. The summed E-state index contributed by atoms with van der Waals surface area (Å²) in [6, 6.07) is 0. The molecule has 0 aliphatic carbocycles. The molecule has 4 heteroatoms. The maximum absolute atomic E-state index is 6.12. The van der Waals surface area contributed by atoms with Crippen LogP contribution in [0.3, 0.4) is 0 Å². The Kier molecular flexibility index (Phi) is 3.04. The van der Waals surface area contributed by atoms with Crippen LogP contribution < -0.4 is 5.73 Å². The van der Waals surface area contributed by atoms with Crippen molar-refractivity contribution in [3.05, 3.63) is 18.2 Å². The first-order valence-electron chi connectivity index (χ1n) is 5.89. The molecule has 0 saturated carbocycles. The quantitative estimate of drug-likeness (QED) is 0.845. The Morgan fingerprint density at radius 1 is 1.62 bits per heavy atom. The number of rotatable bonds is 3. The van der Waals surface area contributed by atoms with Gasteiger partial charge in [-0.1, -0.05) is 0 Å². The zero-order chi connectivity index (χ0) is 11.8. The van der Waals surface area contributed by atoms with E-state index < -0.39 is 0 Å². The first-order valence-corrected chi connectivity index (χ1v) is 5.89. The van der Waals surface area contributed by atoms with Crippen LogP contribution in [0, 0.1) is 5.92 Å². The molecule has 1 aliphatic heterocycles. The summed E-state index contributed by atoms with van der Waals surface area (Å²) in [5.74, 6) is 0.579. The van der Waals surface area contributed by atoms with Crippen LogP contribution in [0.25, 0.3) is 0 Å². The zero-order valence-corrected chi connectivity index (χ0v) is 10.3. The lowest BCUT2D eigenvalue weighted by atomic mass is 10.00. The molecule has 2 atom stereocenters. The highest BCUT2D eigenvalue weighted by Gasteiger charge is 2.27. The summed E-state index contributed by atoms with van der Waals surface area (Å²) < 4.78 is 7.74. The summed E-state index contributed by atoms with van der Waals surface area (Å²) in [6.45, 7) is 7.99. The first-order chi connectivity index (χ1) is 7.48. The smallest absolute Gasteiger partial charge is 0.0948 e. The largest absolute Gasteiger partial charge is 0.378 e. The van der Waals surface area contributed by atoms with Crippen molar-refractivity contribution in [2.75, 3.05) is 6.61 Å². The SMILES string of the molecule is CC1OCCC1Cn1cncc1C(C)(C)N. The number of imidazole rings is 1. The van der Waals surface area contributed by atoms with Gasteiger partial charge in [0.1, 0.15) is 0 Å². The van der Waals surface area contributed by atoms with Crippen LogP contribution in [0.15, 0.2) is 12.5 Å². The minimum atomic E-state index is -0.334. The highest BCUT2D eigenvalue weighted by molar-refractivity contribution is 5.10. The molecule has 1 aromatic heterocycles. The summed E-state index contributed by atoms with van der Waals surface area (Å²) >= 11 is 0. The molecule has 0 spiro atoms. The minimum absolute atomic E-state index is 0.334. The molecule has 0 radical (unpaired) electrons. The summed E-state index contributed by atoms with van der Waals surface area (Å²) in [4.78, 5) is 4.20. The van der Waals surface area contributed by atoms with E-state index in [2.05, 4.69) is 16.5 Å². The van der Waals surface area contributed by atoms with Crippen LogP contribution in [0.5, 0.6) is 0 Å². The second-order valence-electron chi connectivity index (χ2n) is 5.28. The molecule has 1 aliphatic rings. The molecule has 90 valence electrons. The molecule has 0 aromatic carbocycles. The molecule has 0 amide bonds. The molecule has 16 heavy (non-hydrogen) atoms. The van der Waals surface area contributed by atoms with Crippen LogP contribution in [0.4, 0.5) is 0 Å². The molecule has 1 aromatic rings. The Bertz CT molecular complexity index is 353. The second-order valence-corrected chi connectivity index (χ2v) is 5.28. The van der Waals surface area contributed by atoms with Crippen molar-refractivity contribution in [2.45, 2.75) is 45.4 Å². The fourth-order valence-electron chi connectivity index (χ4n) is 2.27. The highest BCUT2D eigenvalue weighted by atomic mass is 16.5. The summed E-state index contributed by atoms with van der Waals surface area (Å²) in [6.07, 6.45) is 5.20. The Hall–Kier alpha value is -0.870. The summed E-state index contributed by atoms with van der Waals surface area (Å²) in [5, 5.41) is 0. The van der Waals surface area contributed by atoms with Crippen LogP contribution in [0.2, 0.25) is 0 Å². The van der Waals surface area contributed by atoms with Crippen molar-refractivity contribution >= 4 is 0 Å². The molecule has 0 bridgehead atoms. The molecule has 1 fully saturated rings. The molecular weight excluding hydrogens is 202 g/mol. The van der Waals surface area contributed by atoms with E-state index in [9.17, 15) is 0 Å². The predicted molar refractivity (Wildman–Crippen MR) is 63.0 cm³/mol. The molecule has 2 heterocycles. The van der Waals surface area contributed by atoms with Gasteiger partial charge in [-0.15, -0.1) is 0 Å². The van der Waals surface area contributed by atoms with Gasteiger partial charge in [-0.25, -0.2) is 4.98 Å². The zero-order valence-electron chi connectivity index (χ0n) is 10.3. The van der Waals surface area contributed by atoms with Crippen LogP contribution >= 0.6 is 0 Å². The van der Waals surface area contributed by atoms with E-state index in [4.69, 9.17) is 10.5 Å². The van der Waals surface area contributed by atoms with Gasteiger partial charge in [0.25, 0.3) is 0 Å². The van der Waals surface area contributed by atoms with Crippen LogP contribution in [-0.4, -0.2) is 22.3 Å². The van der Waals surface area contributed by atoms with Crippen LogP contribution in [-0.2, 0) is 16.8 Å². The van der Waals surface area contributed by atoms with Crippen LogP contribution in [0.1, 0.15) is 32.9 Å². The van der Waals surface area contributed by atoms with Crippen molar-refractivity contribution in [2.24, 2.45) is 11.7 Å². The normalized spacial score (nSPS) is 26.2. The van der Waals surface area contributed by atoms with Gasteiger partial charge in [0.2, 0.25) is 0 Å². The molecule has 1 saturated heterocycles. The van der Waals surface area contributed by atoms with E-state index in [0.29, 0.717) is 12.0 Å². The fraction of sp³-hybridized carbons (Fsp3) is 0.750. The Labute approximate surface area is 96.8 Å². The van der Waals surface area contributed by atoms with Gasteiger partial charge in [0.15, 0.2) is 0 Å². The average Bonchev–Trinajstić information content (AvgIpc) is 2.76. The third-order valence-corrected chi connectivity index (χ3v) is 3.34. The van der Waals surface area contributed by atoms with E-state index in [1.165, 1.54) is 0 Å². The molecule has 2 rings (SSSR count). The Balaban J connectivity index is 2.13. The number of hydrogen-bond donors (Lipinski definition) is 1. The van der Waals surface area contributed by atoms with E-state index in [1.807, 2.05) is 26.4 Å². The predicted octanol–water partition coefficient (Wildman–Crippen LogP) is 1.50. The molecular formula is C12H21N3O. The average molecular weight is 223 g/mol. The Morgan fingerprint density at radius 2 is 2.38 bits per heavy atom. The number of nitrogens with two attached hydrogens (primary N) is 1. The Morgan fingerprint density at radius 3 is 2.94 bits per heavy atom. The molecule has 4 nitrogen and oxygen atoms in total. The second kappa shape index (κ2) is 4.18. The number of hydrogen-bond acceptors (Lipinski definition) is 3. The van der Waals surface area contributed by atoms with Crippen molar-refractivity contribution in [1.82, 2.24) is 9.55 Å². The molecule has 2 N–H and O–H groups in total. The van der Waals surface area contributed by atoms with Crippen molar-refractivity contribution in [3.63, 3.8) is 0 Å². The molecule has 2 unspecified atom stereocenters. The van der Waals surface area contributed by atoms with Gasteiger partial charge < -0.3 is 15.0 Å². The van der Waals surface area contributed by atoms with Gasteiger partial charge in [-0.3, -0.25) is 0 Å². The number of nitrogens with zero attached hydrogens (tertiary/aromatic N) is 2. The van der Waals surface area contributed by atoms with E-state index in [1.54, 1.807) is 0 Å². The van der Waals surface area contributed by atoms with E-state index >= 15 is 0 Å². The maximum atomic E-state index is 6.12. The van der Waals surface area contributed by atoms with Crippen molar-refractivity contribution < 1.29 is 4.74 Å². The van der Waals surface area contributed by atoms with Crippen molar-refractivity contribution in [3.8, 4) is 0 Å². The summed E-state index contributed by atoms with van der Waals surface area (Å²) in [5.41, 5.74) is 6.87. The first kappa shape index (κ1) is 11.6. The number of aromatic nitrogens is 2. The lowest BCUT2D eigenvalue weighted by Crippen LogP contribution is -2.32. The van der Waals surface area contributed by atoms with Gasteiger partial charge in [-0.2, -0.15) is 0 Å². The third kappa shape index (κ3) is 2.28. The number of ether oxygens (including phenoxy) is 1. The van der Waals surface area contributed by atoms with Gasteiger partial charge in [0, 0.05) is 25.3 Å². The van der Waals surface area contributed by atoms with Crippen molar-refractivity contribution in [1.29, 1.82) is 0 Å². The third-order valence-electron chi connectivity index (χ3n) is 3.34. The van der Waals surface area contributed by atoms with Gasteiger partial charge >= 0.3 is 0 Å². The summed E-state index contributed by atoms with van der Waals surface area (Å²) in [7, 11) is 0. The topological polar surface area (TPSA) is 53.1 Å². The van der Waals surface area contributed by atoms with Gasteiger partial charge in [-0.05, 0) is 27.2 Å². The highest BCUT2D eigenvalue weighted by Crippen LogP contribution is 2.24. The standard InChI is InChI=1S/C12H21N3O/c1-9-10(4-5-16-9)7-15-8-14-6-11(15)12(2,3)13/h6,8-10H,4-5,7,13H2,1-3H3. The maximum Gasteiger partial charge on any atom is 0.0948 e. The van der Waals surface area contributed by atoms with E-state index in [-0.39, 0.29) is 5.54 Å². The lowest BCUT2D eigenvalue weighted by molar-refractivity contribution is 0.101. The lowest BCUT2D eigenvalue weighted by Gasteiger charge is -2.23. The van der Waals surface area contributed by atoms with Gasteiger partial charge in [0.05, 0.1) is 23.7 Å². The monoisotopic (exact) mass is 223 g/mol.